The summed E-state index contributed by atoms with van der Waals surface area (Å²) in [4.78, 5) is 11.6. The third kappa shape index (κ3) is 4.59. The van der Waals surface area contributed by atoms with Gasteiger partial charge in [-0.3, -0.25) is 5.32 Å². The number of carbonyl (C=O) groups excluding carboxylic acids is 1. The highest BCUT2D eigenvalue weighted by molar-refractivity contribution is 5.84. The van der Waals surface area contributed by atoms with Crippen LogP contribution in [0.2, 0.25) is 0 Å². The van der Waals surface area contributed by atoms with Crippen LogP contribution < -0.4 is 5.32 Å². The fraction of sp³-hybridized carbons (Fsp3) is 0.500. The standard InChI is InChI=1S/C16H16F6N2O2/c1-13(2,3)26-12(25)24-11-6-4-10(5-7-11)14(8-9-23,15(17,18)19)16(20,21)22/h4-7H,8H2,1-3H3,(H,24,25). The largest absolute Gasteiger partial charge is 0.444 e. The summed E-state index contributed by atoms with van der Waals surface area (Å²) in [6, 6.07) is 3.87. The first-order valence-electron chi connectivity index (χ1n) is 7.25. The van der Waals surface area contributed by atoms with Gasteiger partial charge >= 0.3 is 18.4 Å². The number of ether oxygens (including phenoxy) is 1. The summed E-state index contributed by atoms with van der Waals surface area (Å²) < 4.78 is 84.6. The number of anilines is 1. The SMILES string of the molecule is CC(C)(C)OC(=O)Nc1ccc(C(CC#N)(C(F)(F)F)C(F)(F)F)cc1. The van der Waals surface area contributed by atoms with Crippen molar-refractivity contribution in [3.63, 3.8) is 0 Å². The Kier molecular flexibility index (Phi) is 5.86. The molecule has 0 bridgehead atoms. The molecule has 26 heavy (non-hydrogen) atoms. The Balaban J connectivity index is 3.24. The van der Waals surface area contributed by atoms with E-state index in [1.54, 1.807) is 20.8 Å². The molecule has 0 saturated heterocycles. The maximum absolute atomic E-state index is 13.3. The molecule has 1 rings (SSSR count). The maximum Gasteiger partial charge on any atom is 0.412 e. The lowest BCUT2D eigenvalue weighted by Crippen LogP contribution is -2.53. The molecule has 0 unspecified atom stereocenters. The van der Waals surface area contributed by atoms with Gasteiger partial charge in [0, 0.05) is 5.69 Å². The Morgan fingerprint density at radius 3 is 1.85 bits per heavy atom. The van der Waals surface area contributed by atoms with Crippen LogP contribution in [0.15, 0.2) is 24.3 Å². The summed E-state index contributed by atoms with van der Waals surface area (Å²) in [6.07, 6.45) is -14.2. The van der Waals surface area contributed by atoms with E-state index < -0.39 is 41.4 Å². The fourth-order valence-electron chi connectivity index (χ4n) is 2.17. The topological polar surface area (TPSA) is 62.1 Å². The zero-order chi connectivity index (χ0) is 20.4. The van der Waals surface area contributed by atoms with Crippen molar-refractivity contribution in [2.24, 2.45) is 0 Å². The van der Waals surface area contributed by atoms with Crippen LogP contribution in [0.25, 0.3) is 0 Å². The average molecular weight is 382 g/mol. The second-order valence-electron chi connectivity index (χ2n) is 6.44. The molecule has 4 nitrogen and oxygen atoms in total. The molecule has 0 heterocycles. The monoisotopic (exact) mass is 382 g/mol. The molecule has 0 aromatic heterocycles. The first-order valence-corrected chi connectivity index (χ1v) is 7.25. The van der Waals surface area contributed by atoms with Crippen LogP contribution in [0, 0.1) is 11.3 Å². The van der Waals surface area contributed by atoms with E-state index in [0.717, 1.165) is 18.2 Å². The van der Waals surface area contributed by atoms with Gasteiger partial charge in [0.05, 0.1) is 12.5 Å². The van der Waals surface area contributed by atoms with Crippen LogP contribution in [0.1, 0.15) is 32.8 Å². The quantitative estimate of drug-likeness (QED) is 0.721. The van der Waals surface area contributed by atoms with Gasteiger partial charge in [-0.2, -0.15) is 31.6 Å². The van der Waals surface area contributed by atoms with Gasteiger partial charge in [0.25, 0.3) is 0 Å². The van der Waals surface area contributed by atoms with Crippen molar-refractivity contribution in [1.82, 2.24) is 0 Å². The van der Waals surface area contributed by atoms with Gasteiger partial charge in [-0.05, 0) is 38.5 Å². The number of halogens is 6. The minimum absolute atomic E-state index is 0.0572. The third-order valence-corrected chi connectivity index (χ3v) is 3.34. The van der Waals surface area contributed by atoms with E-state index in [2.05, 4.69) is 5.32 Å². The number of alkyl halides is 6. The maximum atomic E-state index is 13.3. The molecule has 144 valence electrons. The lowest BCUT2D eigenvalue weighted by atomic mass is 9.76. The van der Waals surface area contributed by atoms with Crippen LogP contribution in [0.4, 0.5) is 36.8 Å². The highest BCUT2D eigenvalue weighted by Crippen LogP contribution is 2.54. The van der Waals surface area contributed by atoms with E-state index in [1.807, 2.05) is 0 Å². The van der Waals surface area contributed by atoms with Gasteiger partial charge in [-0.1, -0.05) is 12.1 Å². The molecule has 0 aliphatic heterocycles. The highest BCUT2D eigenvalue weighted by Gasteiger charge is 2.71. The number of hydrogen-bond donors (Lipinski definition) is 1. The number of rotatable bonds is 3. The van der Waals surface area contributed by atoms with Gasteiger partial charge in [-0.15, -0.1) is 0 Å². The van der Waals surface area contributed by atoms with Crippen molar-refractivity contribution in [2.75, 3.05) is 5.32 Å². The molecular formula is C16H16F6N2O2. The van der Waals surface area contributed by atoms with Crippen LogP contribution >= 0.6 is 0 Å². The molecule has 1 N–H and O–H groups in total. The number of nitriles is 1. The number of benzene rings is 1. The Labute approximate surface area is 145 Å². The Hall–Kier alpha value is -2.44. The molecule has 1 aromatic carbocycles. The molecule has 0 fully saturated rings. The summed E-state index contributed by atoms with van der Waals surface area (Å²) in [5, 5.41) is 10.7. The van der Waals surface area contributed by atoms with Crippen LogP contribution in [0.3, 0.4) is 0 Å². The summed E-state index contributed by atoms with van der Waals surface area (Å²) >= 11 is 0. The Bertz CT molecular complexity index is 667. The number of carbonyl (C=O) groups is 1. The minimum Gasteiger partial charge on any atom is -0.444 e. The first-order chi connectivity index (χ1) is 11.6. The van der Waals surface area contributed by atoms with Gasteiger partial charge in [0.2, 0.25) is 0 Å². The molecule has 0 atom stereocenters. The lowest BCUT2D eigenvalue weighted by molar-refractivity contribution is -0.302. The molecule has 10 heteroatoms. The molecule has 0 saturated carbocycles. The zero-order valence-electron chi connectivity index (χ0n) is 14.0. The number of hydrogen-bond acceptors (Lipinski definition) is 3. The van der Waals surface area contributed by atoms with E-state index in [4.69, 9.17) is 10.00 Å². The summed E-state index contributed by atoms with van der Waals surface area (Å²) in [5.74, 6) is 0. The van der Waals surface area contributed by atoms with Crippen molar-refractivity contribution < 1.29 is 35.9 Å². The average Bonchev–Trinajstić information content (AvgIpc) is 2.41. The number of nitrogens with zero attached hydrogens (tertiary/aromatic N) is 1. The van der Waals surface area contributed by atoms with Gasteiger partial charge in [-0.25, -0.2) is 4.79 Å². The predicted molar refractivity (Wildman–Crippen MR) is 80.3 cm³/mol. The second kappa shape index (κ2) is 7.05. The van der Waals surface area contributed by atoms with Crippen molar-refractivity contribution in [3.05, 3.63) is 29.8 Å². The van der Waals surface area contributed by atoms with Crippen molar-refractivity contribution in [2.45, 2.75) is 50.6 Å². The summed E-state index contributed by atoms with van der Waals surface area (Å²) in [5.41, 5.74) is -6.36. The first kappa shape index (κ1) is 21.6. The van der Waals surface area contributed by atoms with E-state index >= 15 is 0 Å². The van der Waals surface area contributed by atoms with Crippen molar-refractivity contribution in [3.8, 4) is 6.07 Å². The minimum atomic E-state index is -5.74. The molecule has 0 spiro atoms. The molecule has 0 radical (unpaired) electrons. The Morgan fingerprint density at radius 2 is 1.50 bits per heavy atom. The van der Waals surface area contributed by atoms with Gasteiger partial charge < -0.3 is 4.74 Å². The summed E-state index contributed by atoms with van der Waals surface area (Å²) in [7, 11) is 0. The molecule has 1 aromatic rings. The third-order valence-electron chi connectivity index (χ3n) is 3.34. The van der Waals surface area contributed by atoms with Crippen LogP contribution in [0.5, 0.6) is 0 Å². The smallest absolute Gasteiger partial charge is 0.412 e. The zero-order valence-corrected chi connectivity index (χ0v) is 14.0. The molecule has 0 aliphatic rings. The summed E-state index contributed by atoms with van der Waals surface area (Å²) in [6.45, 7) is 4.75. The molecule has 0 aliphatic carbocycles. The molecule has 1 amide bonds. The number of nitrogens with one attached hydrogen (secondary N) is 1. The van der Waals surface area contributed by atoms with Crippen molar-refractivity contribution >= 4 is 11.8 Å². The van der Waals surface area contributed by atoms with E-state index in [-0.39, 0.29) is 5.69 Å². The van der Waals surface area contributed by atoms with E-state index in [9.17, 15) is 31.1 Å². The Morgan fingerprint density at radius 1 is 1.04 bits per heavy atom. The normalized spacial score (nSPS) is 13.1. The fourth-order valence-corrected chi connectivity index (χ4v) is 2.17. The highest BCUT2D eigenvalue weighted by atomic mass is 19.4. The van der Waals surface area contributed by atoms with Gasteiger partial charge in [0.1, 0.15) is 5.60 Å². The van der Waals surface area contributed by atoms with Crippen molar-refractivity contribution in [1.29, 1.82) is 5.26 Å². The lowest BCUT2D eigenvalue weighted by Gasteiger charge is -2.36. The molecular weight excluding hydrogens is 366 g/mol. The predicted octanol–water partition coefficient (Wildman–Crippen LogP) is 5.31. The van der Waals surface area contributed by atoms with E-state index in [1.165, 1.54) is 0 Å². The number of amides is 1. The second-order valence-corrected chi connectivity index (χ2v) is 6.44. The van der Waals surface area contributed by atoms with Crippen LogP contribution in [-0.4, -0.2) is 24.0 Å². The van der Waals surface area contributed by atoms with Gasteiger partial charge in [0.15, 0.2) is 5.41 Å². The van der Waals surface area contributed by atoms with Crippen LogP contribution in [-0.2, 0) is 10.2 Å². The van der Waals surface area contributed by atoms with E-state index in [0.29, 0.717) is 12.1 Å².